The Bertz CT molecular complexity index is 699. The van der Waals surface area contributed by atoms with Crippen LogP contribution in [-0.4, -0.2) is 12.5 Å². The fourth-order valence-corrected chi connectivity index (χ4v) is 2.65. The van der Waals surface area contributed by atoms with Gasteiger partial charge < -0.3 is 10.1 Å². The maximum Gasteiger partial charge on any atom is 0.262 e. The van der Waals surface area contributed by atoms with E-state index in [0.29, 0.717) is 11.7 Å². The molecule has 0 heterocycles. The van der Waals surface area contributed by atoms with Crippen LogP contribution in [0.4, 0.5) is 5.69 Å². The minimum atomic E-state index is -0.143. The van der Waals surface area contributed by atoms with Gasteiger partial charge in [0.05, 0.1) is 0 Å². The first-order valence-electron chi connectivity index (χ1n) is 8.93. The summed E-state index contributed by atoms with van der Waals surface area (Å²) in [6.07, 6.45) is 1.03. The van der Waals surface area contributed by atoms with Crippen molar-refractivity contribution in [1.29, 1.82) is 0 Å². The Hall–Kier alpha value is -2.29. The van der Waals surface area contributed by atoms with Crippen LogP contribution in [0.25, 0.3) is 0 Å². The normalized spacial score (nSPS) is 12.5. The summed E-state index contributed by atoms with van der Waals surface area (Å²) in [4.78, 5) is 12.2. The molecule has 0 aliphatic heterocycles. The molecule has 0 aromatic heterocycles. The molecular formula is C22H29NO2. The quantitative estimate of drug-likeness (QED) is 0.753. The highest BCUT2D eigenvalue weighted by molar-refractivity contribution is 5.92. The van der Waals surface area contributed by atoms with Gasteiger partial charge in [-0.25, -0.2) is 0 Å². The number of para-hydroxylation sites is 1. The van der Waals surface area contributed by atoms with E-state index >= 15 is 0 Å². The van der Waals surface area contributed by atoms with E-state index in [9.17, 15) is 4.79 Å². The Morgan fingerprint density at radius 3 is 2.32 bits per heavy atom. The lowest BCUT2D eigenvalue weighted by Gasteiger charge is -2.19. The average molecular weight is 339 g/mol. The van der Waals surface area contributed by atoms with Gasteiger partial charge in [-0.15, -0.1) is 0 Å². The molecule has 0 bridgehead atoms. The molecule has 2 aromatic rings. The van der Waals surface area contributed by atoms with Crippen molar-refractivity contribution < 1.29 is 9.53 Å². The summed E-state index contributed by atoms with van der Waals surface area (Å²) in [5.74, 6) is 0.969. The third-order valence-electron chi connectivity index (χ3n) is 4.47. The Morgan fingerprint density at radius 2 is 1.72 bits per heavy atom. The first-order valence-corrected chi connectivity index (χ1v) is 8.93. The lowest BCUT2D eigenvalue weighted by molar-refractivity contribution is -0.118. The summed E-state index contributed by atoms with van der Waals surface area (Å²) in [5, 5.41) is 2.97. The average Bonchev–Trinajstić information content (AvgIpc) is 2.59. The second-order valence-corrected chi connectivity index (χ2v) is 7.51. The molecule has 0 aliphatic carbocycles. The highest BCUT2D eigenvalue weighted by atomic mass is 16.5. The van der Waals surface area contributed by atoms with Gasteiger partial charge in [-0.05, 0) is 47.1 Å². The molecular weight excluding hydrogens is 310 g/mol. The monoisotopic (exact) mass is 339 g/mol. The standard InChI is InChI=1S/C22H29NO2/c1-6-16(2)19-9-7-8-10-20(19)23-21(24)15-25-18-13-11-17(12-14-18)22(3,4)5/h7-14,16H,6,15H2,1-5H3,(H,23,24)/t16-/m1/s1. The molecule has 1 amide bonds. The van der Waals surface area contributed by atoms with Crippen molar-refractivity contribution in [3.63, 3.8) is 0 Å². The molecule has 1 N–H and O–H groups in total. The number of rotatable bonds is 6. The molecule has 0 spiro atoms. The van der Waals surface area contributed by atoms with Gasteiger partial charge in [0, 0.05) is 5.69 Å². The lowest BCUT2D eigenvalue weighted by atomic mass is 9.87. The van der Waals surface area contributed by atoms with E-state index in [2.05, 4.69) is 46.0 Å². The molecule has 3 nitrogen and oxygen atoms in total. The van der Waals surface area contributed by atoms with Crippen LogP contribution in [0.5, 0.6) is 5.75 Å². The van der Waals surface area contributed by atoms with Gasteiger partial charge in [0.15, 0.2) is 6.61 Å². The summed E-state index contributed by atoms with van der Waals surface area (Å²) >= 11 is 0. The molecule has 3 heteroatoms. The number of hydrogen-bond donors (Lipinski definition) is 1. The van der Waals surface area contributed by atoms with Crippen molar-refractivity contribution in [2.24, 2.45) is 0 Å². The topological polar surface area (TPSA) is 38.3 Å². The van der Waals surface area contributed by atoms with Gasteiger partial charge in [0.25, 0.3) is 5.91 Å². The number of anilines is 1. The van der Waals surface area contributed by atoms with Gasteiger partial charge >= 0.3 is 0 Å². The zero-order chi connectivity index (χ0) is 18.4. The number of carbonyl (C=O) groups excluding carboxylic acids is 1. The van der Waals surface area contributed by atoms with Crippen molar-refractivity contribution in [3.05, 3.63) is 59.7 Å². The van der Waals surface area contributed by atoms with Gasteiger partial charge in [-0.2, -0.15) is 0 Å². The third-order valence-corrected chi connectivity index (χ3v) is 4.47. The molecule has 0 aliphatic rings. The molecule has 134 valence electrons. The molecule has 0 saturated heterocycles. The molecule has 0 saturated carbocycles. The summed E-state index contributed by atoms with van der Waals surface area (Å²) in [6, 6.07) is 15.9. The van der Waals surface area contributed by atoms with Crippen LogP contribution in [0.3, 0.4) is 0 Å². The first-order chi connectivity index (χ1) is 11.8. The molecule has 2 aromatic carbocycles. The lowest BCUT2D eigenvalue weighted by Crippen LogP contribution is -2.21. The van der Waals surface area contributed by atoms with E-state index in [1.165, 1.54) is 5.56 Å². The van der Waals surface area contributed by atoms with Crippen LogP contribution in [0.2, 0.25) is 0 Å². The highest BCUT2D eigenvalue weighted by Crippen LogP contribution is 2.27. The zero-order valence-corrected chi connectivity index (χ0v) is 15.9. The van der Waals surface area contributed by atoms with Crippen LogP contribution in [-0.2, 0) is 10.2 Å². The summed E-state index contributed by atoms with van der Waals surface area (Å²) in [6.45, 7) is 10.8. The van der Waals surface area contributed by atoms with Crippen LogP contribution < -0.4 is 10.1 Å². The largest absolute Gasteiger partial charge is 0.484 e. The Kier molecular flexibility index (Phi) is 6.24. The zero-order valence-electron chi connectivity index (χ0n) is 15.9. The maximum atomic E-state index is 12.2. The molecule has 0 unspecified atom stereocenters. The highest BCUT2D eigenvalue weighted by Gasteiger charge is 2.14. The van der Waals surface area contributed by atoms with Gasteiger partial charge in [0.2, 0.25) is 0 Å². The fraction of sp³-hybridized carbons (Fsp3) is 0.409. The summed E-state index contributed by atoms with van der Waals surface area (Å²) in [7, 11) is 0. The van der Waals surface area contributed by atoms with Crippen LogP contribution in [0.15, 0.2) is 48.5 Å². The Labute approximate surface area is 151 Å². The van der Waals surface area contributed by atoms with Gasteiger partial charge in [0.1, 0.15) is 5.75 Å². The van der Waals surface area contributed by atoms with Crippen LogP contribution >= 0.6 is 0 Å². The number of carbonyl (C=O) groups is 1. The van der Waals surface area contributed by atoms with Crippen molar-refractivity contribution in [1.82, 2.24) is 0 Å². The summed E-state index contributed by atoms with van der Waals surface area (Å²) < 4.78 is 5.62. The molecule has 1 atom stereocenters. The maximum absolute atomic E-state index is 12.2. The number of benzene rings is 2. The first kappa shape index (κ1) is 19.0. The molecule has 0 fully saturated rings. The van der Waals surface area contributed by atoms with E-state index < -0.39 is 0 Å². The van der Waals surface area contributed by atoms with E-state index in [1.807, 2.05) is 42.5 Å². The van der Waals surface area contributed by atoms with E-state index in [-0.39, 0.29) is 17.9 Å². The van der Waals surface area contributed by atoms with Gasteiger partial charge in [-0.1, -0.05) is 65.0 Å². The summed E-state index contributed by atoms with van der Waals surface area (Å²) in [5.41, 5.74) is 3.38. The van der Waals surface area contributed by atoms with Crippen LogP contribution in [0, 0.1) is 0 Å². The molecule has 25 heavy (non-hydrogen) atoms. The predicted octanol–water partition coefficient (Wildman–Crippen LogP) is 5.52. The van der Waals surface area contributed by atoms with Crippen molar-refractivity contribution >= 4 is 11.6 Å². The van der Waals surface area contributed by atoms with E-state index in [0.717, 1.165) is 17.7 Å². The smallest absolute Gasteiger partial charge is 0.262 e. The number of amides is 1. The molecule has 2 rings (SSSR count). The van der Waals surface area contributed by atoms with Crippen LogP contribution in [0.1, 0.15) is 58.1 Å². The van der Waals surface area contributed by atoms with Crippen molar-refractivity contribution in [2.45, 2.75) is 52.4 Å². The second-order valence-electron chi connectivity index (χ2n) is 7.51. The third kappa shape index (κ3) is 5.35. The Morgan fingerprint density at radius 1 is 1.08 bits per heavy atom. The minimum Gasteiger partial charge on any atom is -0.484 e. The van der Waals surface area contributed by atoms with E-state index in [1.54, 1.807) is 0 Å². The Balaban J connectivity index is 1.95. The number of hydrogen-bond acceptors (Lipinski definition) is 2. The second kappa shape index (κ2) is 8.19. The molecule has 0 radical (unpaired) electrons. The van der Waals surface area contributed by atoms with Crippen molar-refractivity contribution in [3.8, 4) is 5.75 Å². The number of nitrogens with one attached hydrogen (secondary N) is 1. The fourth-order valence-electron chi connectivity index (χ4n) is 2.65. The SMILES string of the molecule is CC[C@@H](C)c1ccccc1NC(=O)COc1ccc(C(C)(C)C)cc1. The van der Waals surface area contributed by atoms with Gasteiger partial charge in [-0.3, -0.25) is 4.79 Å². The van der Waals surface area contributed by atoms with E-state index in [4.69, 9.17) is 4.74 Å². The van der Waals surface area contributed by atoms with Crippen molar-refractivity contribution in [2.75, 3.05) is 11.9 Å². The minimum absolute atomic E-state index is 0.00368. The number of ether oxygens (including phenoxy) is 1. The predicted molar refractivity (Wildman–Crippen MR) is 104 cm³/mol.